The van der Waals surface area contributed by atoms with Crippen LogP contribution in [0.5, 0.6) is 11.5 Å². The van der Waals surface area contributed by atoms with E-state index >= 15 is 0 Å². The smallest absolute Gasteiger partial charge is 0.257 e. The first kappa shape index (κ1) is 15.3. The zero-order valence-electron chi connectivity index (χ0n) is 12.6. The quantitative estimate of drug-likeness (QED) is 0.830. The average Bonchev–Trinajstić information content (AvgIpc) is 2.55. The second-order valence-corrected chi connectivity index (χ2v) is 5.54. The number of thiocarbonyl (C=S) groups is 1. The lowest BCUT2D eigenvalue weighted by molar-refractivity contribution is 0.0977. The summed E-state index contributed by atoms with van der Waals surface area (Å²) in [6.45, 7) is 3.03. The van der Waals surface area contributed by atoms with Gasteiger partial charge in [-0.1, -0.05) is 17.7 Å². The van der Waals surface area contributed by atoms with Crippen molar-refractivity contribution in [1.29, 1.82) is 0 Å². The Kier molecular flexibility index (Phi) is 4.43. The van der Waals surface area contributed by atoms with Gasteiger partial charge in [0, 0.05) is 17.3 Å². The molecule has 6 heteroatoms. The molecular formula is C17H16N2O3S. The minimum atomic E-state index is -0.250. The van der Waals surface area contributed by atoms with Gasteiger partial charge in [0.05, 0.1) is 0 Å². The third kappa shape index (κ3) is 3.78. The Morgan fingerprint density at radius 1 is 1.04 bits per heavy atom. The van der Waals surface area contributed by atoms with E-state index in [1.165, 1.54) is 0 Å². The lowest BCUT2D eigenvalue weighted by Crippen LogP contribution is -2.34. The van der Waals surface area contributed by atoms with Crippen LogP contribution in [-0.2, 0) is 0 Å². The summed E-state index contributed by atoms with van der Waals surface area (Å²) in [6.07, 6.45) is 0. The van der Waals surface area contributed by atoms with Gasteiger partial charge in [-0.15, -0.1) is 0 Å². The number of aryl methyl sites for hydroxylation is 1. The van der Waals surface area contributed by atoms with Crippen LogP contribution < -0.4 is 20.1 Å². The van der Waals surface area contributed by atoms with E-state index in [9.17, 15) is 4.79 Å². The van der Waals surface area contributed by atoms with Crippen LogP contribution >= 0.6 is 12.2 Å². The van der Waals surface area contributed by atoms with Gasteiger partial charge < -0.3 is 14.8 Å². The average molecular weight is 328 g/mol. The van der Waals surface area contributed by atoms with Crippen LogP contribution in [0.25, 0.3) is 0 Å². The van der Waals surface area contributed by atoms with Crippen molar-refractivity contribution in [2.75, 3.05) is 18.5 Å². The summed E-state index contributed by atoms with van der Waals surface area (Å²) in [7, 11) is 0. The molecule has 118 valence electrons. The first-order chi connectivity index (χ1) is 11.1. The van der Waals surface area contributed by atoms with E-state index in [-0.39, 0.29) is 11.0 Å². The number of hydrogen-bond donors (Lipinski definition) is 2. The van der Waals surface area contributed by atoms with Crippen molar-refractivity contribution in [3.63, 3.8) is 0 Å². The molecule has 0 aliphatic carbocycles. The van der Waals surface area contributed by atoms with Crippen molar-refractivity contribution >= 4 is 28.9 Å². The molecule has 5 nitrogen and oxygen atoms in total. The maximum atomic E-state index is 12.1. The number of nitrogens with one attached hydrogen (secondary N) is 2. The van der Waals surface area contributed by atoms with E-state index in [1.807, 2.05) is 25.1 Å². The van der Waals surface area contributed by atoms with E-state index < -0.39 is 0 Å². The molecule has 3 rings (SSSR count). The summed E-state index contributed by atoms with van der Waals surface area (Å²) < 4.78 is 11.0. The third-order valence-electron chi connectivity index (χ3n) is 3.34. The summed E-state index contributed by atoms with van der Waals surface area (Å²) in [5.41, 5.74) is 2.38. The van der Waals surface area contributed by atoms with Crippen molar-refractivity contribution in [1.82, 2.24) is 5.32 Å². The van der Waals surface area contributed by atoms with Gasteiger partial charge in [-0.05, 0) is 43.4 Å². The van der Waals surface area contributed by atoms with E-state index in [0.29, 0.717) is 30.3 Å². The molecule has 23 heavy (non-hydrogen) atoms. The van der Waals surface area contributed by atoms with Crippen LogP contribution in [0.3, 0.4) is 0 Å². The molecule has 2 N–H and O–H groups in total. The van der Waals surface area contributed by atoms with E-state index in [0.717, 1.165) is 11.3 Å². The minimum absolute atomic E-state index is 0.229. The number of ether oxygens (including phenoxy) is 2. The fourth-order valence-electron chi connectivity index (χ4n) is 2.16. The van der Waals surface area contributed by atoms with Crippen LogP contribution in [-0.4, -0.2) is 24.2 Å². The standard InChI is InChI=1S/C17H16N2O3S/c1-11-2-4-12(5-3-11)16(20)19-17(23)18-13-6-7-14-15(10-13)22-9-8-21-14/h2-7,10H,8-9H2,1H3,(H2,18,19,20,23). The van der Waals surface area contributed by atoms with Gasteiger partial charge in [0.15, 0.2) is 16.6 Å². The Bertz CT molecular complexity index is 744. The summed E-state index contributed by atoms with van der Waals surface area (Å²) in [5, 5.41) is 5.85. The van der Waals surface area contributed by atoms with Crippen molar-refractivity contribution in [2.24, 2.45) is 0 Å². The highest BCUT2D eigenvalue weighted by Crippen LogP contribution is 2.32. The number of hydrogen-bond acceptors (Lipinski definition) is 4. The fraction of sp³-hybridized carbons (Fsp3) is 0.176. The molecular weight excluding hydrogens is 312 g/mol. The van der Waals surface area contributed by atoms with E-state index in [4.69, 9.17) is 21.7 Å². The van der Waals surface area contributed by atoms with Crippen LogP contribution in [0.1, 0.15) is 15.9 Å². The highest BCUT2D eigenvalue weighted by Gasteiger charge is 2.13. The van der Waals surface area contributed by atoms with E-state index in [2.05, 4.69) is 10.6 Å². The number of fused-ring (bicyclic) bond motifs is 1. The fourth-order valence-corrected chi connectivity index (χ4v) is 2.37. The largest absolute Gasteiger partial charge is 0.486 e. The van der Waals surface area contributed by atoms with Gasteiger partial charge >= 0.3 is 0 Å². The second-order valence-electron chi connectivity index (χ2n) is 5.13. The van der Waals surface area contributed by atoms with Gasteiger partial charge in [-0.25, -0.2) is 0 Å². The van der Waals surface area contributed by atoms with Crippen molar-refractivity contribution in [3.05, 3.63) is 53.6 Å². The normalized spacial score (nSPS) is 12.4. The number of benzene rings is 2. The molecule has 0 fully saturated rings. The zero-order valence-corrected chi connectivity index (χ0v) is 13.4. The zero-order chi connectivity index (χ0) is 16.2. The van der Waals surface area contributed by atoms with Gasteiger partial charge in [0.1, 0.15) is 13.2 Å². The molecule has 0 spiro atoms. The summed E-state index contributed by atoms with van der Waals surface area (Å²) in [6, 6.07) is 12.7. The van der Waals surface area contributed by atoms with Crippen LogP contribution in [0, 0.1) is 6.92 Å². The number of amides is 1. The van der Waals surface area contributed by atoms with Gasteiger partial charge in [0.25, 0.3) is 5.91 Å². The maximum Gasteiger partial charge on any atom is 0.257 e. The molecule has 0 atom stereocenters. The molecule has 2 aromatic carbocycles. The minimum Gasteiger partial charge on any atom is -0.486 e. The molecule has 0 bridgehead atoms. The van der Waals surface area contributed by atoms with Crippen molar-refractivity contribution in [2.45, 2.75) is 6.92 Å². The van der Waals surface area contributed by atoms with Gasteiger partial charge in [-0.2, -0.15) is 0 Å². The first-order valence-electron chi connectivity index (χ1n) is 7.20. The van der Waals surface area contributed by atoms with E-state index in [1.54, 1.807) is 24.3 Å². The lowest BCUT2D eigenvalue weighted by Gasteiger charge is -2.19. The number of rotatable bonds is 2. The Hall–Kier alpha value is -2.60. The second kappa shape index (κ2) is 6.66. The van der Waals surface area contributed by atoms with Crippen molar-refractivity contribution < 1.29 is 14.3 Å². The van der Waals surface area contributed by atoms with Gasteiger partial charge in [0.2, 0.25) is 0 Å². The molecule has 1 amide bonds. The molecule has 1 aliphatic heterocycles. The summed E-state index contributed by atoms with van der Waals surface area (Å²) >= 11 is 5.18. The SMILES string of the molecule is Cc1ccc(C(=O)NC(=S)Nc2ccc3c(c2)OCCO3)cc1. The summed E-state index contributed by atoms with van der Waals surface area (Å²) in [5.74, 6) is 1.12. The molecule has 1 heterocycles. The Labute approximate surface area is 139 Å². The summed E-state index contributed by atoms with van der Waals surface area (Å²) in [4.78, 5) is 12.1. The molecule has 0 unspecified atom stereocenters. The molecule has 0 saturated heterocycles. The van der Waals surface area contributed by atoms with Gasteiger partial charge in [-0.3, -0.25) is 10.1 Å². The molecule has 2 aromatic rings. The van der Waals surface area contributed by atoms with Crippen LogP contribution in [0.2, 0.25) is 0 Å². The number of carbonyl (C=O) groups excluding carboxylic acids is 1. The molecule has 0 radical (unpaired) electrons. The topological polar surface area (TPSA) is 59.6 Å². The Balaban J connectivity index is 1.63. The van der Waals surface area contributed by atoms with Crippen LogP contribution in [0.15, 0.2) is 42.5 Å². The predicted octanol–water partition coefficient (Wildman–Crippen LogP) is 2.89. The number of anilines is 1. The maximum absolute atomic E-state index is 12.1. The Morgan fingerprint density at radius 3 is 2.48 bits per heavy atom. The monoisotopic (exact) mass is 328 g/mol. The van der Waals surface area contributed by atoms with Crippen molar-refractivity contribution in [3.8, 4) is 11.5 Å². The first-order valence-corrected chi connectivity index (χ1v) is 7.61. The number of carbonyl (C=O) groups is 1. The predicted molar refractivity (Wildman–Crippen MR) is 92.3 cm³/mol. The molecule has 1 aliphatic rings. The van der Waals surface area contributed by atoms with Crippen LogP contribution in [0.4, 0.5) is 5.69 Å². The lowest BCUT2D eigenvalue weighted by atomic mass is 10.1. The molecule has 0 aromatic heterocycles. The highest BCUT2D eigenvalue weighted by molar-refractivity contribution is 7.80. The molecule has 0 saturated carbocycles. The highest BCUT2D eigenvalue weighted by atomic mass is 32.1. The Morgan fingerprint density at radius 2 is 1.74 bits per heavy atom. The third-order valence-corrected chi connectivity index (χ3v) is 3.54.